The van der Waals surface area contributed by atoms with Crippen LogP contribution in [0.4, 0.5) is 5.69 Å². The molecule has 0 spiro atoms. The van der Waals surface area contributed by atoms with Gasteiger partial charge in [0.25, 0.3) is 5.91 Å². The van der Waals surface area contributed by atoms with Gasteiger partial charge in [0.1, 0.15) is 0 Å². The third-order valence-electron chi connectivity index (χ3n) is 2.31. The molecule has 4 N–H and O–H groups in total. The van der Waals surface area contributed by atoms with Crippen molar-refractivity contribution < 1.29 is 14.7 Å². The fourth-order valence-electron chi connectivity index (χ4n) is 1.62. The van der Waals surface area contributed by atoms with Crippen molar-refractivity contribution in [2.45, 2.75) is 25.8 Å². The second-order valence-corrected chi connectivity index (χ2v) is 5.55. The zero-order chi connectivity index (χ0) is 13.9. The molecular formula is C12H15BrN2O3. The quantitative estimate of drug-likeness (QED) is 0.777. The Morgan fingerprint density at radius 2 is 2.06 bits per heavy atom. The summed E-state index contributed by atoms with van der Waals surface area (Å²) < 4.78 is 0.734. The molecule has 1 rings (SSSR count). The molecule has 1 aromatic rings. The summed E-state index contributed by atoms with van der Waals surface area (Å²) in [5.41, 5.74) is 5.46. The highest BCUT2D eigenvalue weighted by molar-refractivity contribution is 9.10. The highest BCUT2D eigenvalue weighted by Crippen LogP contribution is 2.25. The van der Waals surface area contributed by atoms with Crippen molar-refractivity contribution in [3.63, 3.8) is 0 Å². The second kappa shape index (κ2) is 5.39. The number of amides is 1. The highest BCUT2D eigenvalue weighted by Gasteiger charge is 2.23. The van der Waals surface area contributed by atoms with Gasteiger partial charge < -0.3 is 16.2 Å². The summed E-state index contributed by atoms with van der Waals surface area (Å²) >= 11 is 3.25. The van der Waals surface area contributed by atoms with Crippen LogP contribution in [0.1, 0.15) is 30.6 Å². The van der Waals surface area contributed by atoms with Crippen LogP contribution in [-0.4, -0.2) is 22.5 Å². The maximum atomic E-state index is 11.3. The minimum absolute atomic E-state index is 0.0682. The zero-order valence-corrected chi connectivity index (χ0v) is 11.7. The molecule has 0 fully saturated rings. The van der Waals surface area contributed by atoms with Crippen LogP contribution >= 0.6 is 15.9 Å². The number of halogens is 1. The lowest BCUT2D eigenvalue weighted by atomic mass is 9.99. The van der Waals surface area contributed by atoms with Gasteiger partial charge in [-0.15, -0.1) is 0 Å². The van der Waals surface area contributed by atoms with Crippen molar-refractivity contribution in [2.75, 3.05) is 5.32 Å². The number of carboxylic acid groups (broad SMARTS) is 1. The number of primary amides is 1. The molecule has 1 amide bonds. The van der Waals surface area contributed by atoms with Crippen molar-refractivity contribution >= 4 is 33.5 Å². The molecule has 0 aliphatic heterocycles. The number of carboxylic acids is 1. The monoisotopic (exact) mass is 314 g/mol. The first-order valence-electron chi connectivity index (χ1n) is 5.30. The SMILES string of the molecule is CC(C)(CC(=O)O)Nc1ccc(Br)cc1C(N)=O. The number of nitrogens with two attached hydrogens (primary N) is 1. The van der Waals surface area contributed by atoms with E-state index in [1.165, 1.54) is 0 Å². The van der Waals surface area contributed by atoms with Gasteiger partial charge in [-0.05, 0) is 32.0 Å². The third kappa shape index (κ3) is 4.03. The van der Waals surface area contributed by atoms with Crippen LogP contribution in [0.15, 0.2) is 22.7 Å². The Bertz CT molecular complexity index is 486. The van der Waals surface area contributed by atoms with Gasteiger partial charge in [-0.2, -0.15) is 0 Å². The number of hydrogen-bond acceptors (Lipinski definition) is 3. The van der Waals surface area contributed by atoms with Gasteiger partial charge in [0.15, 0.2) is 0 Å². The molecule has 0 atom stereocenters. The van der Waals surface area contributed by atoms with E-state index in [1.807, 2.05) is 0 Å². The number of rotatable bonds is 5. The molecular weight excluding hydrogens is 300 g/mol. The number of carbonyl (C=O) groups excluding carboxylic acids is 1. The summed E-state index contributed by atoms with van der Waals surface area (Å²) in [4.78, 5) is 22.1. The number of anilines is 1. The standard InChI is InChI=1S/C12H15BrN2O3/c1-12(2,6-10(16)17)15-9-4-3-7(13)5-8(9)11(14)18/h3-5,15H,6H2,1-2H3,(H2,14,18)(H,16,17). The van der Waals surface area contributed by atoms with E-state index < -0.39 is 17.4 Å². The van der Waals surface area contributed by atoms with Gasteiger partial charge in [-0.3, -0.25) is 9.59 Å². The minimum atomic E-state index is -0.912. The van der Waals surface area contributed by atoms with Crippen molar-refractivity contribution in [1.82, 2.24) is 0 Å². The maximum absolute atomic E-state index is 11.3. The van der Waals surface area contributed by atoms with Gasteiger partial charge in [0, 0.05) is 15.7 Å². The van der Waals surface area contributed by atoms with E-state index in [4.69, 9.17) is 10.8 Å². The van der Waals surface area contributed by atoms with Gasteiger partial charge in [-0.1, -0.05) is 15.9 Å². The summed E-state index contributed by atoms with van der Waals surface area (Å²) in [6.07, 6.45) is -0.0682. The van der Waals surface area contributed by atoms with Gasteiger partial charge in [0.05, 0.1) is 12.0 Å². The molecule has 0 saturated heterocycles. The Morgan fingerprint density at radius 1 is 1.44 bits per heavy atom. The van der Waals surface area contributed by atoms with Crippen LogP contribution in [0.2, 0.25) is 0 Å². The molecule has 1 aromatic carbocycles. The lowest BCUT2D eigenvalue weighted by molar-refractivity contribution is -0.137. The second-order valence-electron chi connectivity index (χ2n) is 4.63. The molecule has 18 heavy (non-hydrogen) atoms. The number of aliphatic carboxylic acids is 1. The van der Waals surface area contributed by atoms with Crippen LogP contribution < -0.4 is 11.1 Å². The normalized spacial score (nSPS) is 11.1. The molecule has 0 radical (unpaired) electrons. The topological polar surface area (TPSA) is 92.4 Å². The Labute approximate surface area is 113 Å². The lowest BCUT2D eigenvalue weighted by Gasteiger charge is -2.26. The summed E-state index contributed by atoms with van der Waals surface area (Å²) in [7, 11) is 0. The zero-order valence-electron chi connectivity index (χ0n) is 10.2. The first-order valence-corrected chi connectivity index (χ1v) is 6.10. The number of benzene rings is 1. The summed E-state index contributed by atoms with van der Waals surface area (Å²) in [6, 6.07) is 5.04. The average Bonchev–Trinajstić information content (AvgIpc) is 2.18. The Morgan fingerprint density at radius 3 is 2.56 bits per heavy atom. The van der Waals surface area contributed by atoms with Gasteiger partial charge in [-0.25, -0.2) is 0 Å². The van der Waals surface area contributed by atoms with Crippen LogP contribution in [0.5, 0.6) is 0 Å². The molecule has 5 nitrogen and oxygen atoms in total. The van der Waals surface area contributed by atoms with Gasteiger partial charge >= 0.3 is 5.97 Å². The van der Waals surface area contributed by atoms with E-state index in [2.05, 4.69) is 21.2 Å². The summed E-state index contributed by atoms with van der Waals surface area (Å²) in [6.45, 7) is 3.49. The van der Waals surface area contributed by atoms with E-state index in [0.717, 1.165) is 4.47 Å². The molecule has 6 heteroatoms. The largest absolute Gasteiger partial charge is 0.481 e. The Balaban J connectivity index is 3.03. The lowest BCUT2D eigenvalue weighted by Crippen LogP contribution is -2.34. The van der Waals surface area contributed by atoms with E-state index in [0.29, 0.717) is 11.3 Å². The van der Waals surface area contributed by atoms with Crippen LogP contribution in [0.3, 0.4) is 0 Å². The van der Waals surface area contributed by atoms with Gasteiger partial charge in [0.2, 0.25) is 0 Å². The number of hydrogen-bond donors (Lipinski definition) is 3. The van der Waals surface area contributed by atoms with E-state index >= 15 is 0 Å². The maximum Gasteiger partial charge on any atom is 0.305 e. The van der Waals surface area contributed by atoms with Crippen molar-refractivity contribution in [1.29, 1.82) is 0 Å². The Kier molecular flexibility index (Phi) is 4.34. The molecule has 0 bridgehead atoms. The molecule has 0 aliphatic rings. The predicted molar refractivity (Wildman–Crippen MR) is 72.6 cm³/mol. The number of nitrogens with one attached hydrogen (secondary N) is 1. The van der Waals surface area contributed by atoms with E-state index in [-0.39, 0.29) is 6.42 Å². The highest BCUT2D eigenvalue weighted by atomic mass is 79.9. The molecule has 98 valence electrons. The first-order chi connectivity index (χ1) is 8.21. The molecule has 0 saturated carbocycles. The van der Waals surface area contributed by atoms with Crippen molar-refractivity contribution in [2.24, 2.45) is 5.73 Å². The number of carbonyl (C=O) groups is 2. The summed E-state index contributed by atoms with van der Waals surface area (Å²) in [5.74, 6) is -1.48. The van der Waals surface area contributed by atoms with Crippen LogP contribution in [0.25, 0.3) is 0 Å². The van der Waals surface area contributed by atoms with Crippen LogP contribution in [0, 0.1) is 0 Å². The smallest absolute Gasteiger partial charge is 0.305 e. The average molecular weight is 315 g/mol. The third-order valence-corrected chi connectivity index (χ3v) is 2.81. The first kappa shape index (κ1) is 14.5. The summed E-state index contributed by atoms with van der Waals surface area (Å²) in [5, 5.41) is 11.8. The van der Waals surface area contributed by atoms with Crippen LogP contribution in [-0.2, 0) is 4.79 Å². The fourth-order valence-corrected chi connectivity index (χ4v) is 1.98. The van der Waals surface area contributed by atoms with E-state index in [9.17, 15) is 9.59 Å². The fraction of sp³-hybridized carbons (Fsp3) is 0.333. The molecule has 0 heterocycles. The van der Waals surface area contributed by atoms with E-state index in [1.54, 1.807) is 32.0 Å². The molecule has 0 aliphatic carbocycles. The predicted octanol–water partition coefficient (Wildman–Crippen LogP) is 2.21. The van der Waals surface area contributed by atoms with Crippen molar-refractivity contribution in [3.8, 4) is 0 Å². The molecule has 0 aromatic heterocycles. The Hall–Kier alpha value is -1.56. The molecule has 0 unspecified atom stereocenters. The van der Waals surface area contributed by atoms with Crippen molar-refractivity contribution in [3.05, 3.63) is 28.2 Å². The minimum Gasteiger partial charge on any atom is -0.481 e.